The third-order valence-electron chi connectivity index (χ3n) is 3.95. The number of ether oxygens (including phenoxy) is 1. The maximum Gasteiger partial charge on any atom is 0.276 e. The fraction of sp³-hybridized carbons (Fsp3) is 0.150. The number of para-hydroxylation sites is 1. The monoisotopic (exact) mass is 348 g/mol. The topological polar surface area (TPSA) is 67.3 Å². The third-order valence-corrected chi connectivity index (χ3v) is 3.95. The van der Waals surface area contributed by atoms with Crippen LogP contribution in [-0.2, 0) is 0 Å². The van der Waals surface area contributed by atoms with E-state index in [1.54, 1.807) is 25.1 Å². The van der Waals surface area contributed by atoms with Crippen LogP contribution >= 0.6 is 0 Å². The maximum atomic E-state index is 12.7. The predicted octanol–water partition coefficient (Wildman–Crippen LogP) is 3.81. The Morgan fingerprint density at radius 1 is 1.08 bits per heavy atom. The molecule has 0 aliphatic carbocycles. The highest BCUT2D eigenvalue weighted by molar-refractivity contribution is 6.04. The van der Waals surface area contributed by atoms with E-state index in [2.05, 4.69) is 15.3 Å². The molecule has 3 aromatic rings. The normalized spacial score (nSPS) is 10.3. The van der Waals surface area contributed by atoms with E-state index >= 15 is 0 Å². The smallest absolute Gasteiger partial charge is 0.276 e. The van der Waals surface area contributed by atoms with E-state index in [9.17, 15) is 4.79 Å². The lowest BCUT2D eigenvalue weighted by Gasteiger charge is -2.17. The van der Waals surface area contributed by atoms with E-state index in [0.29, 0.717) is 17.3 Å². The van der Waals surface area contributed by atoms with E-state index in [1.807, 2.05) is 55.5 Å². The van der Waals surface area contributed by atoms with Crippen LogP contribution in [0.25, 0.3) is 0 Å². The zero-order valence-electron chi connectivity index (χ0n) is 14.9. The van der Waals surface area contributed by atoms with Crippen LogP contribution in [0.2, 0.25) is 0 Å². The second-order valence-electron chi connectivity index (χ2n) is 5.82. The first-order chi connectivity index (χ1) is 12.6. The van der Waals surface area contributed by atoms with Crippen molar-refractivity contribution >= 4 is 23.1 Å². The van der Waals surface area contributed by atoms with Crippen molar-refractivity contribution in [3.63, 3.8) is 0 Å². The Hall–Kier alpha value is -3.41. The summed E-state index contributed by atoms with van der Waals surface area (Å²) < 4.78 is 5.37. The zero-order chi connectivity index (χ0) is 18.5. The van der Waals surface area contributed by atoms with E-state index in [-0.39, 0.29) is 5.91 Å². The van der Waals surface area contributed by atoms with Gasteiger partial charge in [-0.15, -0.1) is 0 Å². The lowest BCUT2D eigenvalue weighted by atomic mass is 10.2. The third kappa shape index (κ3) is 3.80. The fourth-order valence-electron chi connectivity index (χ4n) is 2.54. The summed E-state index contributed by atoms with van der Waals surface area (Å²) in [5, 5.41) is 3.19. The number of amides is 1. The number of carbonyl (C=O) groups excluding carboxylic acids is 1. The zero-order valence-corrected chi connectivity index (χ0v) is 14.9. The Kier molecular flexibility index (Phi) is 5.12. The van der Waals surface area contributed by atoms with Crippen LogP contribution in [0.1, 0.15) is 16.1 Å². The highest BCUT2D eigenvalue weighted by Crippen LogP contribution is 2.28. The average molecular weight is 348 g/mol. The first-order valence-corrected chi connectivity index (χ1v) is 8.15. The Balaban J connectivity index is 1.85. The van der Waals surface area contributed by atoms with Gasteiger partial charge in [0, 0.05) is 18.8 Å². The summed E-state index contributed by atoms with van der Waals surface area (Å²) in [6.45, 7) is 1.99. The molecule has 1 N–H and O–H groups in total. The van der Waals surface area contributed by atoms with E-state index in [4.69, 9.17) is 4.74 Å². The molecule has 6 heteroatoms. The number of aromatic nitrogens is 2. The molecule has 0 aliphatic heterocycles. The Morgan fingerprint density at radius 3 is 2.58 bits per heavy atom. The van der Waals surface area contributed by atoms with Crippen molar-refractivity contribution in [3.05, 3.63) is 72.2 Å². The van der Waals surface area contributed by atoms with Crippen LogP contribution in [-0.4, -0.2) is 30.0 Å². The van der Waals surface area contributed by atoms with Crippen LogP contribution < -0.4 is 15.0 Å². The largest absolute Gasteiger partial charge is 0.495 e. The number of nitrogens with zero attached hydrogens (tertiary/aromatic N) is 3. The fourth-order valence-corrected chi connectivity index (χ4v) is 2.54. The number of carbonyl (C=O) groups is 1. The van der Waals surface area contributed by atoms with Gasteiger partial charge < -0.3 is 15.0 Å². The minimum Gasteiger partial charge on any atom is -0.495 e. The molecule has 6 nitrogen and oxygen atoms in total. The molecular formula is C20H20N4O2. The van der Waals surface area contributed by atoms with Crippen LogP contribution in [0.3, 0.4) is 0 Å². The van der Waals surface area contributed by atoms with Gasteiger partial charge in [0.15, 0.2) is 0 Å². The average Bonchev–Trinajstić information content (AvgIpc) is 2.68. The molecule has 0 atom stereocenters. The van der Waals surface area contributed by atoms with Gasteiger partial charge >= 0.3 is 0 Å². The van der Waals surface area contributed by atoms with Gasteiger partial charge in [0.05, 0.1) is 12.8 Å². The minimum atomic E-state index is -0.210. The molecule has 2 aromatic carbocycles. The molecule has 0 aliphatic rings. The van der Waals surface area contributed by atoms with Gasteiger partial charge in [-0.3, -0.25) is 4.79 Å². The molecule has 1 aromatic heterocycles. The lowest BCUT2D eigenvalue weighted by Crippen LogP contribution is -2.27. The minimum absolute atomic E-state index is 0.210. The SMILES string of the molecule is COc1ccc(C)cc1Nc1cc(C(=O)N(C)c2ccccc2)ncn1. The first kappa shape index (κ1) is 17.4. The number of benzene rings is 2. The molecule has 3 rings (SSSR count). The summed E-state index contributed by atoms with van der Waals surface area (Å²) in [6.07, 6.45) is 1.37. The highest BCUT2D eigenvalue weighted by atomic mass is 16.5. The summed E-state index contributed by atoms with van der Waals surface area (Å²) in [4.78, 5) is 22.6. The highest BCUT2D eigenvalue weighted by Gasteiger charge is 2.16. The molecule has 0 fully saturated rings. The van der Waals surface area contributed by atoms with Crippen molar-refractivity contribution in [3.8, 4) is 5.75 Å². The number of nitrogens with one attached hydrogen (secondary N) is 1. The van der Waals surface area contributed by atoms with Crippen molar-refractivity contribution in [2.75, 3.05) is 24.4 Å². The molecule has 0 spiro atoms. The van der Waals surface area contributed by atoms with Crippen molar-refractivity contribution in [1.82, 2.24) is 9.97 Å². The second kappa shape index (κ2) is 7.65. The summed E-state index contributed by atoms with van der Waals surface area (Å²) in [6, 6.07) is 16.9. The summed E-state index contributed by atoms with van der Waals surface area (Å²) in [5.74, 6) is 1.01. The number of anilines is 3. The van der Waals surface area contributed by atoms with Gasteiger partial charge in [0.25, 0.3) is 5.91 Å². The molecule has 132 valence electrons. The molecule has 0 unspecified atom stereocenters. The van der Waals surface area contributed by atoms with E-state index in [1.165, 1.54) is 6.33 Å². The molecule has 1 heterocycles. The van der Waals surface area contributed by atoms with Gasteiger partial charge in [-0.2, -0.15) is 0 Å². The molecule has 26 heavy (non-hydrogen) atoms. The molecular weight excluding hydrogens is 328 g/mol. The quantitative estimate of drug-likeness (QED) is 0.759. The van der Waals surface area contributed by atoms with Gasteiger partial charge in [0.2, 0.25) is 0 Å². The first-order valence-electron chi connectivity index (χ1n) is 8.15. The van der Waals surface area contributed by atoms with Crippen molar-refractivity contribution in [2.24, 2.45) is 0 Å². The van der Waals surface area contributed by atoms with Crippen molar-refractivity contribution in [1.29, 1.82) is 0 Å². The lowest BCUT2D eigenvalue weighted by molar-refractivity contribution is 0.0988. The van der Waals surface area contributed by atoms with Crippen molar-refractivity contribution < 1.29 is 9.53 Å². The second-order valence-corrected chi connectivity index (χ2v) is 5.82. The van der Waals surface area contributed by atoms with Gasteiger partial charge in [-0.25, -0.2) is 9.97 Å². The number of rotatable bonds is 5. The van der Waals surface area contributed by atoms with Gasteiger partial charge in [-0.05, 0) is 36.8 Å². The number of hydrogen-bond acceptors (Lipinski definition) is 5. The van der Waals surface area contributed by atoms with Crippen LogP contribution in [0.5, 0.6) is 5.75 Å². The Morgan fingerprint density at radius 2 is 1.85 bits per heavy atom. The predicted molar refractivity (Wildman–Crippen MR) is 102 cm³/mol. The summed E-state index contributed by atoms with van der Waals surface area (Å²) in [5.41, 5.74) is 2.97. The molecule has 0 bridgehead atoms. The van der Waals surface area contributed by atoms with E-state index < -0.39 is 0 Å². The summed E-state index contributed by atoms with van der Waals surface area (Å²) >= 11 is 0. The summed E-state index contributed by atoms with van der Waals surface area (Å²) in [7, 11) is 3.33. The Bertz CT molecular complexity index is 913. The van der Waals surface area contributed by atoms with Crippen molar-refractivity contribution in [2.45, 2.75) is 6.92 Å². The van der Waals surface area contributed by atoms with Crippen LogP contribution in [0, 0.1) is 6.92 Å². The molecule has 0 saturated carbocycles. The van der Waals surface area contributed by atoms with Gasteiger partial charge in [-0.1, -0.05) is 24.3 Å². The molecule has 0 radical (unpaired) electrons. The van der Waals surface area contributed by atoms with E-state index in [0.717, 1.165) is 16.9 Å². The molecule has 0 saturated heterocycles. The standard InChI is InChI=1S/C20H20N4O2/c1-14-9-10-18(26-3)16(11-14)23-19-12-17(21-13-22-19)20(25)24(2)15-7-5-4-6-8-15/h4-13H,1-3H3,(H,21,22,23). The van der Waals surface area contributed by atoms with Crippen LogP contribution in [0.4, 0.5) is 17.2 Å². The number of aryl methyl sites for hydroxylation is 1. The van der Waals surface area contributed by atoms with Crippen LogP contribution in [0.15, 0.2) is 60.9 Å². The number of methoxy groups -OCH3 is 1. The molecule has 1 amide bonds. The Labute approximate surface area is 152 Å². The number of hydrogen-bond donors (Lipinski definition) is 1. The van der Waals surface area contributed by atoms with Gasteiger partial charge in [0.1, 0.15) is 23.6 Å². The maximum absolute atomic E-state index is 12.7.